The van der Waals surface area contributed by atoms with Crippen molar-refractivity contribution in [2.24, 2.45) is 14.1 Å². The number of carbonyl (C=O) groups excluding carboxylic acids is 1. The molecule has 170 valence electrons. The van der Waals surface area contributed by atoms with Gasteiger partial charge in [-0.2, -0.15) is 0 Å². The number of amides is 1. The number of carbonyl (C=O) groups is 2. The van der Waals surface area contributed by atoms with Crippen LogP contribution in [0.4, 0.5) is 0 Å². The van der Waals surface area contributed by atoms with Crippen molar-refractivity contribution in [2.45, 2.75) is 13.0 Å². The van der Waals surface area contributed by atoms with Crippen molar-refractivity contribution >= 4 is 69.6 Å². The quantitative estimate of drug-likeness (QED) is 0.406. The van der Waals surface area contributed by atoms with Crippen LogP contribution in [0.25, 0.3) is 17.2 Å². The van der Waals surface area contributed by atoms with Gasteiger partial charge in [0.05, 0.1) is 17.7 Å². The van der Waals surface area contributed by atoms with Crippen molar-refractivity contribution in [3.63, 3.8) is 0 Å². The van der Waals surface area contributed by atoms with Crippen LogP contribution in [0.2, 0.25) is 0 Å². The maximum atomic E-state index is 12.6. The molecule has 0 aliphatic carbocycles. The van der Waals surface area contributed by atoms with Crippen LogP contribution in [0.3, 0.4) is 0 Å². The third kappa shape index (κ3) is 4.41. The molecule has 0 saturated carbocycles. The van der Waals surface area contributed by atoms with E-state index in [0.717, 1.165) is 22.9 Å². The van der Waals surface area contributed by atoms with Crippen LogP contribution in [0.15, 0.2) is 40.3 Å². The molecule has 0 spiro atoms. The number of hydrogen-bond acceptors (Lipinski definition) is 7. The Labute approximate surface area is 203 Å². The summed E-state index contributed by atoms with van der Waals surface area (Å²) < 4.78 is 5.58. The fraction of sp³-hybridized carbons (Fsp3) is 0.238. The van der Waals surface area contributed by atoms with E-state index in [2.05, 4.69) is 4.98 Å². The number of aliphatic carboxylic acids is 1. The van der Waals surface area contributed by atoms with E-state index in [1.165, 1.54) is 14.0 Å². The van der Waals surface area contributed by atoms with Crippen LogP contribution in [0.1, 0.15) is 17.5 Å². The molecule has 4 rings (SSSR count). The maximum absolute atomic E-state index is 12.6. The molecule has 1 aliphatic rings. The van der Waals surface area contributed by atoms with Crippen molar-refractivity contribution in [1.82, 2.24) is 23.6 Å². The molecule has 2 aromatic heterocycles. The van der Waals surface area contributed by atoms with Crippen LogP contribution in [-0.4, -0.2) is 51.4 Å². The van der Waals surface area contributed by atoms with Crippen molar-refractivity contribution < 1.29 is 14.7 Å². The lowest BCUT2D eigenvalue weighted by molar-refractivity contribution is -0.137. The molecule has 1 aromatic carbocycles. The molecule has 12 heteroatoms. The minimum absolute atomic E-state index is 0.0589. The summed E-state index contributed by atoms with van der Waals surface area (Å²) in [6, 6.07) is 7.66. The lowest BCUT2D eigenvalue weighted by Crippen LogP contribution is -2.30. The van der Waals surface area contributed by atoms with E-state index >= 15 is 0 Å². The summed E-state index contributed by atoms with van der Waals surface area (Å²) in [6.07, 6.45) is 3.25. The average Bonchev–Trinajstić information content (AvgIpc) is 3.31. The van der Waals surface area contributed by atoms with Crippen LogP contribution < -0.4 is 5.69 Å². The Morgan fingerprint density at radius 3 is 2.52 bits per heavy atom. The highest BCUT2D eigenvalue weighted by atomic mass is 32.2. The number of aryl methyl sites for hydroxylation is 1. The normalized spacial score (nSPS) is 15.2. The molecular weight excluding hydrogens is 482 g/mol. The fourth-order valence-corrected chi connectivity index (χ4v) is 5.08. The largest absolute Gasteiger partial charge is 0.481 e. The molecule has 1 N–H and O–H groups in total. The van der Waals surface area contributed by atoms with Gasteiger partial charge in [0.2, 0.25) is 0 Å². The number of thioether (sulfide) groups is 1. The van der Waals surface area contributed by atoms with Crippen molar-refractivity contribution in [1.29, 1.82) is 0 Å². The number of nitrogens with zero attached hydrogens (tertiary/aromatic N) is 5. The van der Waals surface area contributed by atoms with Crippen molar-refractivity contribution in [3.05, 3.63) is 61.7 Å². The van der Waals surface area contributed by atoms with Crippen molar-refractivity contribution in [2.75, 3.05) is 6.54 Å². The number of rotatable bonds is 6. The zero-order valence-electron chi connectivity index (χ0n) is 17.7. The monoisotopic (exact) mass is 501 g/mol. The SMILES string of the molecule is Cn1c(=S)c2c(ncn2Cc2ccc(/C=C3\SC(=S)N(CCC(=O)O)C3=O)cc2)n(C)c1=O. The molecule has 0 bridgehead atoms. The van der Waals surface area contributed by atoms with Crippen molar-refractivity contribution in [3.8, 4) is 0 Å². The van der Waals surface area contributed by atoms with E-state index < -0.39 is 5.97 Å². The Kier molecular flexibility index (Phi) is 6.32. The highest BCUT2D eigenvalue weighted by molar-refractivity contribution is 8.26. The second-order valence-electron chi connectivity index (χ2n) is 7.47. The van der Waals surface area contributed by atoms with Crippen LogP contribution in [0, 0.1) is 4.64 Å². The highest BCUT2D eigenvalue weighted by Crippen LogP contribution is 2.32. The topological polar surface area (TPSA) is 102 Å². The van der Waals surface area contributed by atoms with E-state index in [1.54, 1.807) is 26.5 Å². The molecule has 1 amide bonds. The number of thiocarbonyl (C=S) groups is 1. The molecule has 1 saturated heterocycles. The van der Waals surface area contributed by atoms with Gasteiger partial charge in [-0.3, -0.25) is 23.6 Å². The van der Waals surface area contributed by atoms with Gasteiger partial charge >= 0.3 is 11.7 Å². The molecule has 1 aliphatic heterocycles. The standard InChI is InChI=1S/C21H19N5O4S3/c1-23-17-16(19(31)24(2)20(23)30)25(11-22-17)10-13-5-3-12(4-6-13)9-14-18(29)26(21(32)33-14)8-7-15(27)28/h3-6,9,11H,7-8,10H2,1-2H3,(H,27,28)/b14-9-. The second-order valence-corrected chi connectivity index (χ2v) is 9.53. The predicted molar refractivity (Wildman–Crippen MR) is 132 cm³/mol. The summed E-state index contributed by atoms with van der Waals surface area (Å²) in [6.45, 7) is 0.569. The Bertz CT molecular complexity index is 1450. The van der Waals surface area contributed by atoms with Crippen LogP contribution >= 0.6 is 36.2 Å². The van der Waals surface area contributed by atoms with Gasteiger partial charge < -0.3 is 9.67 Å². The second kappa shape index (κ2) is 9.04. The first-order valence-corrected chi connectivity index (χ1v) is 11.5. The smallest absolute Gasteiger partial charge is 0.330 e. The van der Waals surface area contributed by atoms with Gasteiger partial charge in [-0.1, -0.05) is 60.5 Å². The van der Waals surface area contributed by atoms with Gasteiger partial charge in [-0.05, 0) is 17.2 Å². The Hall–Kier alpha value is -3.09. The Morgan fingerprint density at radius 1 is 1.15 bits per heavy atom. The van der Waals surface area contributed by atoms with Crippen LogP contribution in [-0.2, 0) is 30.2 Å². The lowest BCUT2D eigenvalue weighted by atomic mass is 10.1. The number of fused-ring (bicyclic) bond motifs is 1. The molecular formula is C21H19N5O4S3. The predicted octanol–water partition coefficient (Wildman–Crippen LogP) is 2.53. The van der Waals surface area contributed by atoms with Gasteiger partial charge in [0, 0.05) is 27.2 Å². The zero-order chi connectivity index (χ0) is 23.9. The summed E-state index contributed by atoms with van der Waals surface area (Å²) >= 11 is 11.8. The number of imidazole rings is 1. The van der Waals surface area contributed by atoms with E-state index in [0.29, 0.717) is 31.6 Å². The Morgan fingerprint density at radius 2 is 1.85 bits per heavy atom. The number of benzene rings is 1. The number of carboxylic acid groups (broad SMARTS) is 1. The molecule has 1 fully saturated rings. The van der Waals surface area contributed by atoms with Gasteiger partial charge in [0.15, 0.2) is 5.65 Å². The third-order valence-electron chi connectivity index (χ3n) is 5.27. The average molecular weight is 502 g/mol. The molecule has 0 atom stereocenters. The maximum Gasteiger partial charge on any atom is 0.330 e. The molecule has 3 aromatic rings. The molecule has 3 heterocycles. The first-order chi connectivity index (χ1) is 15.7. The fourth-order valence-electron chi connectivity index (χ4n) is 3.48. The first-order valence-electron chi connectivity index (χ1n) is 9.84. The third-order valence-corrected chi connectivity index (χ3v) is 7.12. The summed E-state index contributed by atoms with van der Waals surface area (Å²) in [5, 5.41) is 8.85. The summed E-state index contributed by atoms with van der Waals surface area (Å²) in [5.41, 5.74) is 2.83. The highest BCUT2D eigenvalue weighted by Gasteiger charge is 2.32. The Balaban J connectivity index is 1.55. The minimum Gasteiger partial charge on any atom is -0.481 e. The lowest BCUT2D eigenvalue weighted by Gasteiger charge is -2.12. The van der Waals surface area contributed by atoms with Crippen LogP contribution in [0.5, 0.6) is 0 Å². The number of carboxylic acids is 1. The van der Waals surface area contributed by atoms with Gasteiger partial charge in [-0.25, -0.2) is 9.78 Å². The summed E-state index contributed by atoms with van der Waals surface area (Å²) in [4.78, 5) is 41.7. The number of hydrogen-bond donors (Lipinski definition) is 1. The zero-order valence-corrected chi connectivity index (χ0v) is 20.2. The summed E-state index contributed by atoms with van der Waals surface area (Å²) in [5.74, 6) is -1.26. The van der Waals surface area contributed by atoms with Gasteiger partial charge in [0.1, 0.15) is 14.5 Å². The van der Waals surface area contributed by atoms with E-state index in [9.17, 15) is 14.4 Å². The van der Waals surface area contributed by atoms with Gasteiger partial charge in [-0.15, -0.1) is 0 Å². The summed E-state index contributed by atoms with van der Waals surface area (Å²) in [7, 11) is 3.30. The van der Waals surface area contributed by atoms with E-state index in [4.69, 9.17) is 29.5 Å². The minimum atomic E-state index is -0.978. The van der Waals surface area contributed by atoms with E-state index in [1.807, 2.05) is 28.8 Å². The molecule has 0 unspecified atom stereocenters. The van der Waals surface area contributed by atoms with E-state index in [-0.39, 0.29) is 24.6 Å². The first kappa shape index (κ1) is 23.1. The molecule has 33 heavy (non-hydrogen) atoms. The van der Waals surface area contributed by atoms with Gasteiger partial charge in [0.25, 0.3) is 5.91 Å². The number of aromatic nitrogens is 4. The molecule has 9 nitrogen and oxygen atoms in total. The molecule has 0 radical (unpaired) electrons.